The Kier molecular flexibility index (Phi) is 14.3. The summed E-state index contributed by atoms with van der Waals surface area (Å²) in [6, 6.07) is 25.4. The summed E-state index contributed by atoms with van der Waals surface area (Å²) >= 11 is 6.26. The fraction of sp³-hybridized carbons (Fsp3) is 0.308. The maximum atomic E-state index is 13.5. The van der Waals surface area contributed by atoms with Gasteiger partial charge in [0.25, 0.3) is 6.04 Å². The van der Waals surface area contributed by atoms with Crippen molar-refractivity contribution in [2.24, 2.45) is 0 Å². The van der Waals surface area contributed by atoms with Gasteiger partial charge in [-0.1, -0.05) is 38.6 Å². The van der Waals surface area contributed by atoms with E-state index in [0.717, 1.165) is 113 Å². The molecule has 364 valence electrons. The van der Waals surface area contributed by atoms with Crippen LogP contribution in [0.2, 0.25) is 0 Å². The maximum absolute atomic E-state index is 13.5. The monoisotopic (exact) mass is 1080 g/mol. The van der Waals surface area contributed by atoms with Crippen molar-refractivity contribution < 1.29 is 8.78 Å². The van der Waals surface area contributed by atoms with Gasteiger partial charge in [-0.15, -0.1) is 12.4 Å². The van der Waals surface area contributed by atoms with Crippen molar-refractivity contribution in [3.8, 4) is 34.7 Å². The number of anilines is 5. The van der Waals surface area contributed by atoms with E-state index in [1.165, 1.54) is 46.9 Å². The largest absolute Gasteiger partial charge is 0.356 e. The number of nitrogens with one attached hydrogen (secondary N) is 1. The van der Waals surface area contributed by atoms with E-state index in [4.69, 9.17) is 33.3 Å². The van der Waals surface area contributed by atoms with Gasteiger partial charge in [0.1, 0.15) is 44.9 Å². The lowest BCUT2D eigenvalue weighted by atomic mass is 10.1. The summed E-state index contributed by atoms with van der Waals surface area (Å²) in [5.41, 5.74) is 11.9. The normalized spacial score (nSPS) is 15.1. The Labute approximate surface area is 438 Å². The first-order valence-corrected chi connectivity index (χ1v) is 25.5. The molecule has 0 unspecified atom stereocenters. The molecule has 0 spiro atoms. The Bertz CT molecular complexity index is 3510. The molecule has 2 aromatic carbocycles. The lowest BCUT2D eigenvalue weighted by Gasteiger charge is -2.34. The molecule has 1 N–H and O–H groups in total. The van der Waals surface area contributed by atoms with Gasteiger partial charge in [0.15, 0.2) is 10.3 Å². The molecular formula is C52H46BrClF2N14S2. The first kappa shape index (κ1) is 50.0. The zero-order valence-corrected chi connectivity index (χ0v) is 43.6. The number of rotatable bonds is 9. The zero-order chi connectivity index (χ0) is 49.7. The maximum Gasteiger partial charge on any atom is 0.257 e. The molecule has 2 saturated carbocycles. The Hall–Kier alpha value is -6.97. The molecule has 2 aliphatic carbocycles. The Morgan fingerprint density at radius 1 is 0.694 bits per heavy atom. The number of aromatic nitrogens is 6. The topological polar surface area (TPSA) is 138 Å². The average molecular weight is 1080 g/mol. The number of fused-ring (bicyclic) bond motifs is 2. The summed E-state index contributed by atoms with van der Waals surface area (Å²) in [5.74, 6) is 0.229. The van der Waals surface area contributed by atoms with Crippen LogP contribution in [0.3, 0.4) is 0 Å². The number of halogens is 4. The summed E-state index contributed by atoms with van der Waals surface area (Å²) in [7, 11) is 3.94. The molecule has 0 amide bonds. The van der Waals surface area contributed by atoms with E-state index in [1.807, 2.05) is 45.9 Å². The molecule has 0 bridgehead atoms. The van der Waals surface area contributed by atoms with Gasteiger partial charge < -0.3 is 29.7 Å². The minimum absolute atomic E-state index is 0. The smallest absolute Gasteiger partial charge is 0.257 e. The van der Waals surface area contributed by atoms with Crippen LogP contribution < -0.4 is 20.0 Å². The van der Waals surface area contributed by atoms with Gasteiger partial charge in [0.2, 0.25) is 6.04 Å². The second kappa shape index (κ2) is 20.6. The highest BCUT2D eigenvalue weighted by atomic mass is 79.9. The molecule has 0 radical (unpaired) electrons. The van der Waals surface area contributed by atoms with E-state index >= 15 is 0 Å². The minimum Gasteiger partial charge on any atom is -0.356 e. The van der Waals surface area contributed by atoms with Gasteiger partial charge >= 0.3 is 0 Å². The predicted molar refractivity (Wildman–Crippen MR) is 285 cm³/mol. The van der Waals surface area contributed by atoms with Crippen molar-refractivity contribution in [1.29, 1.82) is 10.5 Å². The number of nitrogens with zero attached hydrogens (tertiary/aromatic N) is 13. The van der Waals surface area contributed by atoms with E-state index in [-0.39, 0.29) is 30.1 Å². The van der Waals surface area contributed by atoms with Crippen molar-refractivity contribution in [3.05, 3.63) is 144 Å². The molecular weight excluding hydrogens is 1040 g/mol. The van der Waals surface area contributed by atoms with Gasteiger partial charge in [-0.2, -0.15) is 20.7 Å². The van der Waals surface area contributed by atoms with Gasteiger partial charge in [0, 0.05) is 58.6 Å². The molecule has 6 aromatic heterocycles. The second-order valence-electron chi connectivity index (χ2n) is 18.1. The Morgan fingerprint density at radius 3 is 1.53 bits per heavy atom. The molecule has 12 rings (SSSR count). The third-order valence-corrected chi connectivity index (χ3v) is 15.5. The molecule has 0 atom stereocenters. The zero-order valence-electron chi connectivity index (χ0n) is 39.6. The number of pyridine rings is 2. The second-order valence-corrected chi connectivity index (χ2v) is 21.0. The first-order valence-electron chi connectivity index (χ1n) is 23.1. The van der Waals surface area contributed by atoms with E-state index < -0.39 is 0 Å². The molecule has 2 saturated heterocycles. The van der Waals surface area contributed by atoms with Crippen molar-refractivity contribution in [1.82, 2.24) is 34.5 Å². The molecule has 4 fully saturated rings. The predicted octanol–water partition coefficient (Wildman–Crippen LogP) is 12.0. The van der Waals surface area contributed by atoms with Crippen LogP contribution in [-0.4, -0.2) is 81.6 Å². The van der Waals surface area contributed by atoms with Gasteiger partial charge in [-0.3, -0.25) is 0 Å². The fourth-order valence-corrected chi connectivity index (χ4v) is 10.9. The van der Waals surface area contributed by atoms with Crippen LogP contribution >= 0.6 is 51.0 Å². The molecule has 8 heterocycles. The van der Waals surface area contributed by atoms with Crippen molar-refractivity contribution in [2.75, 3.05) is 55.0 Å². The lowest BCUT2D eigenvalue weighted by Crippen LogP contribution is -2.49. The highest BCUT2D eigenvalue weighted by Gasteiger charge is 2.36. The van der Waals surface area contributed by atoms with E-state index in [0.29, 0.717) is 54.8 Å². The Balaban J connectivity index is 0.000000159. The van der Waals surface area contributed by atoms with Gasteiger partial charge in [-0.05, 0) is 112 Å². The number of aryl methyl sites for hydroxylation is 2. The van der Waals surface area contributed by atoms with Crippen LogP contribution in [0.4, 0.5) is 36.1 Å². The summed E-state index contributed by atoms with van der Waals surface area (Å²) in [6.07, 6.45) is 4.48. The molecule has 2 aliphatic heterocycles. The highest BCUT2D eigenvalue weighted by Crippen LogP contribution is 2.49. The van der Waals surface area contributed by atoms with E-state index in [2.05, 4.69) is 73.1 Å². The third kappa shape index (κ3) is 9.84. The molecule has 8 aromatic rings. The minimum atomic E-state index is -0.323. The van der Waals surface area contributed by atoms with Crippen molar-refractivity contribution >= 4 is 89.4 Å². The van der Waals surface area contributed by atoms with Crippen LogP contribution in [0.5, 0.6) is 0 Å². The fourth-order valence-electron chi connectivity index (χ4n) is 8.67. The summed E-state index contributed by atoms with van der Waals surface area (Å²) in [6.45, 7) is 21.1. The van der Waals surface area contributed by atoms with Crippen LogP contribution in [0.1, 0.15) is 70.0 Å². The number of hydrogen-bond donors (Lipinski definition) is 1. The summed E-state index contributed by atoms with van der Waals surface area (Å²) in [4.78, 5) is 23.8. The van der Waals surface area contributed by atoms with Gasteiger partial charge in [-0.25, -0.2) is 40.9 Å². The SMILES string of the molecule is Cc1cc(Br)cc2c(N(C)c3nc(-c4ccc(F)cc4)c(C#N)s3)c(C3CC3)nn12.Cl.[C-]#[N+]C1CN(c2cc(C)n3nc(C4CC4)c(N(C)c4nc(-c5ccc(F)cc5)c(C#N)s4)c3c2)C1.[C-]#[N+]C1CNC1. The van der Waals surface area contributed by atoms with Crippen LogP contribution in [-0.2, 0) is 0 Å². The van der Waals surface area contributed by atoms with Crippen molar-refractivity contribution in [3.63, 3.8) is 0 Å². The number of hydrogen-bond acceptors (Lipinski definition) is 12. The molecule has 20 heteroatoms. The summed E-state index contributed by atoms with van der Waals surface area (Å²) in [5, 5.41) is 33.7. The van der Waals surface area contributed by atoms with Gasteiger partial charge in [0.05, 0.1) is 60.0 Å². The van der Waals surface area contributed by atoms with E-state index in [9.17, 15) is 19.3 Å². The number of nitriles is 2. The number of benzene rings is 2. The molecule has 14 nitrogen and oxygen atoms in total. The van der Waals surface area contributed by atoms with E-state index in [1.54, 1.807) is 24.3 Å². The molecule has 4 aliphatic rings. The quantitative estimate of drug-likeness (QED) is 0.139. The summed E-state index contributed by atoms with van der Waals surface area (Å²) < 4.78 is 31.8. The lowest BCUT2D eigenvalue weighted by molar-refractivity contribution is 0.495. The molecule has 72 heavy (non-hydrogen) atoms. The average Bonchev–Trinajstić information content (AvgIpc) is 4.19. The van der Waals surface area contributed by atoms with Crippen LogP contribution in [0, 0.1) is 61.3 Å². The first-order chi connectivity index (χ1) is 34.3. The Morgan fingerprint density at radius 2 is 1.14 bits per heavy atom. The highest BCUT2D eigenvalue weighted by molar-refractivity contribution is 9.10. The standard InChI is InChI=1S/C26H22FN7S.C22H17BrFN5S.C4H6N2.ClH/c1-15-10-20(33-13-19(14-33)29-2)11-21-25(24(17-4-5-17)31-34(15)21)32(3)26-30-23(22(12-28)35-26)16-6-8-18(27)9-7-16;1-12-9-15(23)10-17-21(20(14-3-4-14)27-29(12)17)28(2)22-26-19(18(11-25)30-22)13-5-7-16(24)8-6-13;1-5-4-2-6-3-4;/h6-11,17,19H,4-5,13-14H2,1,3H3;5-10,14H,3-4H2,1-2H3;4,6H,2-3H2;1H. The number of thiazole rings is 2. The van der Waals surface area contributed by atoms with Crippen LogP contribution in [0.25, 0.3) is 43.2 Å². The van der Waals surface area contributed by atoms with Crippen molar-refractivity contribution in [2.45, 2.75) is 63.5 Å². The third-order valence-electron chi connectivity index (χ3n) is 13.0. The van der Waals surface area contributed by atoms with Crippen LogP contribution in [0.15, 0.2) is 77.3 Å².